The highest BCUT2D eigenvalue weighted by Gasteiger charge is 2.19. The van der Waals surface area contributed by atoms with Gasteiger partial charge in [0.05, 0.1) is 16.4 Å². The van der Waals surface area contributed by atoms with Gasteiger partial charge in [0.25, 0.3) is 5.91 Å². The van der Waals surface area contributed by atoms with Gasteiger partial charge in [0.2, 0.25) is 5.13 Å². The summed E-state index contributed by atoms with van der Waals surface area (Å²) >= 11 is 4.64. The molecular weight excluding hydrogens is 306 g/mol. The van der Waals surface area contributed by atoms with Gasteiger partial charge in [-0.15, -0.1) is 10.2 Å². The number of hydrogen-bond donors (Lipinski definition) is 1. The van der Waals surface area contributed by atoms with Crippen molar-refractivity contribution < 1.29 is 4.79 Å². The normalized spacial score (nSPS) is 12.4. The fourth-order valence-corrected chi connectivity index (χ4v) is 2.06. The molecule has 2 rings (SSSR count). The summed E-state index contributed by atoms with van der Waals surface area (Å²) < 4.78 is 2.54. The number of rotatable bonds is 3. The molecule has 1 amide bonds. The van der Waals surface area contributed by atoms with E-state index in [4.69, 9.17) is 0 Å². The molecule has 17 heavy (non-hydrogen) atoms. The van der Waals surface area contributed by atoms with Gasteiger partial charge >= 0.3 is 0 Å². The third kappa shape index (κ3) is 2.52. The zero-order valence-electron chi connectivity index (χ0n) is 9.22. The first-order valence-corrected chi connectivity index (χ1v) is 6.53. The summed E-state index contributed by atoms with van der Waals surface area (Å²) in [5.74, 6) is -0.166. The van der Waals surface area contributed by atoms with Crippen molar-refractivity contribution in [1.82, 2.24) is 20.0 Å². The third-order valence-electron chi connectivity index (χ3n) is 2.32. The summed E-state index contributed by atoms with van der Waals surface area (Å²) in [6.45, 7) is 3.68. The maximum Gasteiger partial charge on any atom is 0.250 e. The number of carbonyl (C=O) groups is 1. The molecule has 1 atom stereocenters. The average molecular weight is 316 g/mol. The number of amides is 1. The van der Waals surface area contributed by atoms with Crippen molar-refractivity contribution in [3.63, 3.8) is 0 Å². The molecule has 2 heterocycles. The largest absolute Gasteiger partial charge is 0.299 e. The Labute approximate surface area is 110 Å². The van der Waals surface area contributed by atoms with Gasteiger partial charge < -0.3 is 0 Å². The van der Waals surface area contributed by atoms with Gasteiger partial charge in [-0.1, -0.05) is 11.3 Å². The highest BCUT2D eigenvalue weighted by atomic mass is 79.9. The molecule has 0 aliphatic heterocycles. The van der Waals surface area contributed by atoms with E-state index in [9.17, 15) is 4.79 Å². The zero-order valence-corrected chi connectivity index (χ0v) is 11.6. The van der Waals surface area contributed by atoms with E-state index >= 15 is 0 Å². The van der Waals surface area contributed by atoms with Crippen molar-refractivity contribution in [2.75, 3.05) is 5.32 Å². The molecule has 0 aliphatic rings. The van der Waals surface area contributed by atoms with Crippen LogP contribution in [0.5, 0.6) is 0 Å². The fourth-order valence-electron chi connectivity index (χ4n) is 1.34. The van der Waals surface area contributed by atoms with Crippen molar-refractivity contribution in [3.05, 3.63) is 21.9 Å². The van der Waals surface area contributed by atoms with Crippen LogP contribution in [0.4, 0.5) is 5.13 Å². The molecule has 8 heteroatoms. The van der Waals surface area contributed by atoms with Crippen LogP contribution in [0.15, 0.2) is 16.2 Å². The lowest BCUT2D eigenvalue weighted by molar-refractivity contribution is -0.119. The molecule has 2 aromatic rings. The molecule has 0 aromatic carbocycles. The molecule has 0 saturated heterocycles. The number of aromatic nitrogens is 4. The lowest BCUT2D eigenvalue weighted by Crippen LogP contribution is -2.25. The van der Waals surface area contributed by atoms with Crippen LogP contribution in [0.3, 0.4) is 0 Å². The Kier molecular flexibility index (Phi) is 3.53. The minimum atomic E-state index is -0.398. The Balaban J connectivity index is 2.12. The first-order valence-electron chi connectivity index (χ1n) is 4.86. The van der Waals surface area contributed by atoms with E-state index in [1.165, 1.54) is 11.3 Å². The first kappa shape index (κ1) is 12.2. The maximum atomic E-state index is 11.9. The predicted molar refractivity (Wildman–Crippen MR) is 67.9 cm³/mol. The summed E-state index contributed by atoms with van der Waals surface area (Å²) in [5, 5.41) is 14.7. The highest BCUT2D eigenvalue weighted by molar-refractivity contribution is 9.10. The molecule has 2 aromatic heterocycles. The first-order chi connectivity index (χ1) is 8.09. The Morgan fingerprint density at radius 3 is 2.94 bits per heavy atom. The highest BCUT2D eigenvalue weighted by Crippen LogP contribution is 2.19. The predicted octanol–water partition coefficient (Wildman–Crippen LogP) is 2.01. The number of halogens is 1. The van der Waals surface area contributed by atoms with E-state index in [1.54, 1.807) is 23.3 Å². The minimum Gasteiger partial charge on any atom is -0.299 e. The third-order valence-corrected chi connectivity index (χ3v) is 3.71. The Hall–Kier alpha value is -1.28. The van der Waals surface area contributed by atoms with Crippen LogP contribution in [0.25, 0.3) is 0 Å². The summed E-state index contributed by atoms with van der Waals surface area (Å²) in [5.41, 5.74) is 2.47. The average Bonchev–Trinajstić information content (AvgIpc) is 2.90. The maximum absolute atomic E-state index is 11.9. The van der Waals surface area contributed by atoms with Gasteiger partial charge in [-0.25, -0.2) is 0 Å². The van der Waals surface area contributed by atoms with Crippen LogP contribution in [0.2, 0.25) is 0 Å². The lowest BCUT2D eigenvalue weighted by Gasteiger charge is -2.12. The molecule has 0 bridgehead atoms. The molecule has 0 fully saturated rings. The quantitative estimate of drug-likeness (QED) is 0.940. The molecular formula is C9H10BrN5OS. The van der Waals surface area contributed by atoms with Gasteiger partial charge in [0, 0.05) is 0 Å². The van der Waals surface area contributed by atoms with E-state index in [-0.39, 0.29) is 5.91 Å². The topological polar surface area (TPSA) is 72.7 Å². The second-order valence-corrected chi connectivity index (χ2v) is 5.12. The zero-order chi connectivity index (χ0) is 12.4. The van der Waals surface area contributed by atoms with Crippen LogP contribution in [0, 0.1) is 6.92 Å². The standard InChI is InChI=1S/C9H10BrN5OS/c1-5-7(10)3-12-15(5)6(2)8(16)13-9-14-11-4-17-9/h3-4,6H,1-2H3,(H,13,14,16)/t6-/m0/s1. The van der Waals surface area contributed by atoms with Gasteiger partial charge in [-0.2, -0.15) is 5.10 Å². The molecule has 0 aliphatic carbocycles. The van der Waals surface area contributed by atoms with E-state index in [2.05, 4.69) is 36.5 Å². The molecule has 0 spiro atoms. The Morgan fingerprint density at radius 2 is 2.41 bits per heavy atom. The van der Waals surface area contributed by atoms with Gasteiger partial charge in [0.15, 0.2) is 0 Å². The van der Waals surface area contributed by atoms with Crippen molar-refractivity contribution in [3.8, 4) is 0 Å². The second-order valence-electron chi connectivity index (χ2n) is 3.43. The summed E-state index contributed by atoms with van der Waals surface area (Å²) in [6, 6.07) is -0.398. The van der Waals surface area contributed by atoms with Crippen LogP contribution in [-0.2, 0) is 4.79 Å². The van der Waals surface area contributed by atoms with E-state index < -0.39 is 6.04 Å². The second kappa shape index (κ2) is 4.92. The number of hydrogen-bond acceptors (Lipinski definition) is 5. The fraction of sp³-hybridized carbons (Fsp3) is 0.333. The van der Waals surface area contributed by atoms with E-state index in [0.29, 0.717) is 5.13 Å². The van der Waals surface area contributed by atoms with Crippen LogP contribution in [-0.4, -0.2) is 25.9 Å². The summed E-state index contributed by atoms with van der Waals surface area (Å²) in [4.78, 5) is 11.9. The van der Waals surface area contributed by atoms with Crippen LogP contribution >= 0.6 is 27.3 Å². The van der Waals surface area contributed by atoms with Crippen molar-refractivity contribution in [2.24, 2.45) is 0 Å². The van der Waals surface area contributed by atoms with Crippen molar-refractivity contribution in [1.29, 1.82) is 0 Å². The molecule has 6 nitrogen and oxygen atoms in total. The van der Waals surface area contributed by atoms with Crippen molar-refractivity contribution in [2.45, 2.75) is 19.9 Å². The lowest BCUT2D eigenvalue weighted by atomic mass is 10.3. The number of carbonyl (C=O) groups excluding carboxylic acids is 1. The smallest absolute Gasteiger partial charge is 0.250 e. The van der Waals surface area contributed by atoms with E-state index in [1.807, 2.05) is 6.92 Å². The molecule has 0 saturated carbocycles. The SMILES string of the molecule is Cc1c(Br)cnn1[C@@H](C)C(=O)Nc1nncs1. The Bertz CT molecular complexity index is 523. The van der Waals surface area contributed by atoms with Crippen molar-refractivity contribution >= 4 is 38.3 Å². The van der Waals surface area contributed by atoms with E-state index in [0.717, 1.165) is 10.2 Å². The van der Waals surface area contributed by atoms with Gasteiger partial charge in [-0.05, 0) is 29.8 Å². The molecule has 0 unspecified atom stereocenters. The van der Waals surface area contributed by atoms with Crippen LogP contribution in [0.1, 0.15) is 18.7 Å². The molecule has 0 radical (unpaired) electrons. The van der Waals surface area contributed by atoms with Gasteiger partial charge in [0.1, 0.15) is 11.6 Å². The molecule has 90 valence electrons. The number of anilines is 1. The number of nitrogens with one attached hydrogen (secondary N) is 1. The summed E-state index contributed by atoms with van der Waals surface area (Å²) in [6.07, 6.45) is 1.67. The van der Waals surface area contributed by atoms with Crippen LogP contribution < -0.4 is 5.32 Å². The Morgan fingerprint density at radius 1 is 1.65 bits per heavy atom. The summed E-state index contributed by atoms with van der Waals surface area (Å²) in [7, 11) is 0. The van der Waals surface area contributed by atoms with Gasteiger partial charge in [-0.3, -0.25) is 14.8 Å². The molecule has 1 N–H and O–H groups in total. The minimum absolute atomic E-state index is 0.166. The number of nitrogens with zero attached hydrogens (tertiary/aromatic N) is 4. The monoisotopic (exact) mass is 315 g/mol.